The van der Waals surface area contributed by atoms with Gasteiger partial charge in [0.05, 0.1) is 0 Å². The third-order valence-corrected chi connectivity index (χ3v) is 2.43. The van der Waals surface area contributed by atoms with E-state index in [1.165, 1.54) is 0 Å². The molecule has 11 nitrogen and oxygen atoms in total. The summed E-state index contributed by atoms with van der Waals surface area (Å²) in [5.74, 6) is 0. The molecule has 0 radical (unpaired) electrons. The van der Waals surface area contributed by atoms with E-state index in [-0.39, 0.29) is 18.9 Å². The van der Waals surface area contributed by atoms with Crippen LogP contribution in [0.1, 0.15) is 0 Å². The molecule has 0 aliphatic heterocycles. The van der Waals surface area contributed by atoms with Crippen LogP contribution in [0.5, 0.6) is 0 Å². The third kappa shape index (κ3) is 52.4. The van der Waals surface area contributed by atoms with Crippen molar-refractivity contribution >= 4 is 27.1 Å². The Bertz CT molecular complexity index is 131. The van der Waals surface area contributed by atoms with Gasteiger partial charge in [-0.3, -0.25) is 0 Å². The Hall–Kier alpha value is 0.808. The molecule has 15 heavy (non-hydrogen) atoms. The minimum Gasteiger partial charge on any atom is -0.794 e. The van der Waals surface area contributed by atoms with Crippen LogP contribution in [-0.2, 0) is 4.12 Å². The van der Waals surface area contributed by atoms with Crippen LogP contribution >= 0.6 is 0 Å². The van der Waals surface area contributed by atoms with Crippen molar-refractivity contribution in [2.45, 2.75) is 0 Å². The van der Waals surface area contributed by atoms with E-state index in [9.17, 15) is 4.80 Å². The van der Waals surface area contributed by atoms with Gasteiger partial charge < -0.3 is 52.1 Å². The largest absolute Gasteiger partial charge is 1.00 e. The van der Waals surface area contributed by atoms with E-state index in [1.54, 1.807) is 0 Å². The molecule has 0 aromatic heterocycles. The van der Waals surface area contributed by atoms with Gasteiger partial charge in [0.2, 0.25) is 0 Å². The van der Waals surface area contributed by atoms with Crippen LogP contribution in [0.3, 0.4) is 0 Å². The molecule has 0 fully saturated rings. The van der Waals surface area contributed by atoms with Crippen LogP contribution in [-0.4, -0.2) is 70.3 Å². The van der Waals surface area contributed by atoms with Crippen LogP contribution in [0.25, 0.3) is 0 Å². The standard InChI is InChI=1S/Li.H5O7Si2.H4O4Si/c;1-8(2,3)7-9(4,5)6;1-5(2,3)4/h;1-5H;1-4H/q+1;-1;. The van der Waals surface area contributed by atoms with Gasteiger partial charge in [0.1, 0.15) is 0 Å². The molecule has 0 aliphatic carbocycles. The van der Waals surface area contributed by atoms with Gasteiger partial charge >= 0.3 is 46.0 Å². The number of rotatable bonds is 2. The molecule has 0 spiro atoms. The Morgan fingerprint density at radius 2 is 0.933 bits per heavy atom. The minimum atomic E-state index is -5.23. The van der Waals surface area contributed by atoms with E-state index in [0.29, 0.717) is 0 Å². The van der Waals surface area contributed by atoms with Crippen molar-refractivity contribution in [3.05, 3.63) is 0 Å². The van der Waals surface area contributed by atoms with Crippen LogP contribution in [0.2, 0.25) is 0 Å². The van der Waals surface area contributed by atoms with Gasteiger partial charge in [-0.2, -0.15) is 0 Å². The monoisotopic (exact) mass is 276 g/mol. The molecule has 0 aromatic carbocycles. The van der Waals surface area contributed by atoms with Gasteiger partial charge in [0.15, 0.2) is 0 Å². The number of hydrogen-bond donors (Lipinski definition) is 9. The van der Waals surface area contributed by atoms with Crippen molar-refractivity contribution < 1.29 is 70.9 Å². The van der Waals surface area contributed by atoms with Gasteiger partial charge in [0.25, 0.3) is 0 Å². The molecule has 0 saturated heterocycles. The molecule has 0 heterocycles. The van der Waals surface area contributed by atoms with E-state index < -0.39 is 27.1 Å². The summed E-state index contributed by atoms with van der Waals surface area (Å²) in [7, 11) is -14.9. The summed E-state index contributed by atoms with van der Waals surface area (Å²) in [5.41, 5.74) is 0. The fourth-order valence-corrected chi connectivity index (χ4v) is 1.61. The summed E-state index contributed by atoms with van der Waals surface area (Å²) in [5, 5.41) is 0. The summed E-state index contributed by atoms with van der Waals surface area (Å²) in [4.78, 5) is 78.3. The fourth-order valence-electron chi connectivity index (χ4n) is 0.178. The molecule has 0 amide bonds. The van der Waals surface area contributed by atoms with Crippen molar-refractivity contribution in [2.75, 3.05) is 0 Å². The summed E-state index contributed by atoms with van der Waals surface area (Å²) in [6.45, 7) is 0. The van der Waals surface area contributed by atoms with Gasteiger partial charge in [-0.05, 0) is 0 Å². The zero-order chi connectivity index (χ0) is 12.2. The molecule has 88 valence electrons. The zero-order valence-corrected chi connectivity index (χ0v) is 10.3. The Labute approximate surface area is 98.4 Å². The first kappa shape index (κ1) is 21.1. The average molecular weight is 276 g/mol. The van der Waals surface area contributed by atoms with Crippen LogP contribution in [0, 0.1) is 0 Å². The van der Waals surface area contributed by atoms with Crippen LogP contribution < -0.4 is 23.7 Å². The Kier molecular flexibility index (Phi) is 10.1. The molecule has 0 aromatic rings. The summed E-state index contributed by atoms with van der Waals surface area (Å²) in [6, 6.07) is 0. The summed E-state index contributed by atoms with van der Waals surface area (Å²) < 4.78 is 3.12. The van der Waals surface area contributed by atoms with Gasteiger partial charge in [-0.25, -0.2) is 0 Å². The van der Waals surface area contributed by atoms with Gasteiger partial charge in [-0.1, -0.05) is 0 Å². The first-order valence-electron chi connectivity index (χ1n) is 2.62. The maximum atomic E-state index is 9.70. The van der Waals surface area contributed by atoms with Gasteiger partial charge in [0, 0.05) is 0 Å². The van der Waals surface area contributed by atoms with Crippen LogP contribution in [0.15, 0.2) is 0 Å². The van der Waals surface area contributed by atoms with Crippen molar-refractivity contribution in [3.8, 4) is 0 Å². The third-order valence-electron chi connectivity index (χ3n) is 0.270. The molecule has 15 heteroatoms. The van der Waals surface area contributed by atoms with Crippen molar-refractivity contribution in [2.24, 2.45) is 0 Å². The molecular formula is H9LiO11Si3. The topological polar surface area (TPSA) is 214 Å². The summed E-state index contributed by atoms with van der Waals surface area (Å²) >= 11 is 0. The van der Waals surface area contributed by atoms with E-state index in [2.05, 4.69) is 4.12 Å². The van der Waals surface area contributed by atoms with E-state index >= 15 is 0 Å². The molecule has 0 rings (SSSR count). The molecule has 0 atom stereocenters. The van der Waals surface area contributed by atoms with Crippen molar-refractivity contribution in [3.63, 3.8) is 0 Å². The molecule has 0 bridgehead atoms. The van der Waals surface area contributed by atoms with E-state index in [1.807, 2.05) is 0 Å². The SMILES string of the molecule is O[Si](O)(O)O.[Li+].[O-][Si](O)(O)O[Si](O)(O)O. The maximum absolute atomic E-state index is 9.70. The van der Waals surface area contributed by atoms with Crippen molar-refractivity contribution in [1.29, 1.82) is 0 Å². The molecule has 0 unspecified atom stereocenters. The Morgan fingerprint density at radius 1 is 0.733 bits per heavy atom. The smallest absolute Gasteiger partial charge is 0.794 e. The first-order valence-corrected chi connectivity index (χ1v) is 7.87. The molecule has 0 aliphatic rings. The second-order valence-electron chi connectivity index (χ2n) is 1.82. The normalized spacial score (nSPS) is 12.4. The Morgan fingerprint density at radius 3 is 0.933 bits per heavy atom. The van der Waals surface area contributed by atoms with Crippen molar-refractivity contribution in [1.82, 2.24) is 0 Å². The second kappa shape index (κ2) is 7.20. The molecular weight excluding hydrogens is 267 g/mol. The predicted molar refractivity (Wildman–Crippen MR) is 38.3 cm³/mol. The zero-order valence-electron chi connectivity index (χ0n) is 7.34. The average Bonchev–Trinajstić information content (AvgIpc) is 1.42. The van der Waals surface area contributed by atoms with Gasteiger partial charge in [-0.15, -0.1) is 0 Å². The summed E-state index contributed by atoms with van der Waals surface area (Å²) in [6.07, 6.45) is 0. The Balaban J connectivity index is -0.000000208. The second-order valence-corrected chi connectivity index (χ2v) is 6.09. The van der Waals surface area contributed by atoms with E-state index in [0.717, 1.165) is 0 Å². The van der Waals surface area contributed by atoms with Crippen LogP contribution in [0.4, 0.5) is 0 Å². The first-order chi connectivity index (χ1) is 5.71. The molecule has 0 saturated carbocycles. The molecule has 9 N–H and O–H groups in total. The quantitative estimate of drug-likeness (QED) is 0.216. The maximum Gasteiger partial charge on any atom is 1.00 e. The predicted octanol–water partition coefficient (Wildman–Crippen LogP) is -10.4. The number of hydrogen-bond acceptors (Lipinski definition) is 11. The fraction of sp³-hybridized carbons (Fsp3) is 0. The minimum absolute atomic E-state index is 0. The van der Waals surface area contributed by atoms with E-state index in [4.69, 9.17) is 43.2 Å².